The molecule has 0 unspecified atom stereocenters. The van der Waals surface area contributed by atoms with E-state index in [9.17, 15) is 5.11 Å². The van der Waals surface area contributed by atoms with E-state index in [-0.39, 0.29) is 5.75 Å². The van der Waals surface area contributed by atoms with E-state index < -0.39 is 0 Å². The molecular weight excluding hydrogens is 250 g/mol. The summed E-state index contributed by atoms with van der Waals surface area (Å²) in [6, 6.07) is 11.8. The minimum Gasteiger partial charge on any atom is -0.504 e. The van der Waals surface area contributed by atoms with Gasteiger partial charge in [0.05, 0.1) is 7.11 Å². The van der Waals surface area contributed by atoms with Crippen molar-refractivity contribution in [3.05, 3.63) is 53.1 Å². The molecule has 2 rings (SSSR count). The zero-order valence-corrected chi connectivity index (χ0v) is 12.2. The van der Waals surface area contributed by atoms with Crippen molar-refractivity contribution >= 4 is 5.69 Å². The second-order valence-electron chi connectivity index (χ2n) is 4.78. The number of aromatic hydroxyl groups is 1. The molecule has 0 saturated heterocycles. The molecule has 2 N–H and O–H groups in total. The van der Waals surface area contributed by atoms with Crippen molar-refractivity contribution in [3.63, 3.8) is 0 Å². The first-order valence-corrected chi connectivity index (χ1v) is 6.84. The van der Waals surface area contributed by atoms with Gasteiger partial charge in [0.2, 0.25) is 0 Å². The van der Waals surface area contributed by atoms with E-state index in [1.54, 1.807) is 13.2 Å². The Morgan fingerprint density at radius 3 is 2.50 bits per heavy atom. The van der Waals surface area contributed by atoms with Crippen molar-refractivity contribution in [1.29, 1.82) is 0 Å². The number of benzene rings is 2. The number of aryl methyl sites for hydroxylation is 2. The summed E-state index contributed by atoms with van der Waals surface area (Å²) in [5.41, 5.74) is 4.48. The Morgan fingerprint density at radius 2 is 1.80 bits per heavy atom. The minimum absolute atomic E-state index is 0.203. The van der Waals surface area contributed by atoms with Crippen LogP contribution in [-0.4, -0.2) is 12.2 Å². The molecule has 106 valence electrons. The molecular formula is C17H21NO2. The van der Waals surface area contributed by atoms with E-state index in [1.807, 2.05) is 12.1 Å². The van der Waals surface area contributed by atoms with Crippen molar-refractivity contribution in [1.82, 2.24) is 0 Å². The Morgan fingerprint density at radius 1 is 1.10 bits per heavy atom. The Balaban J connectivity index is 2.21. The van der Waals surface area contributed by atoms with Crippen LogP contribution in [0.15, 0.2) is 36.4 Å². The van der Waals surface area contributed by atoms with Gasteiger partial charge in [-0.25, -0.2) is 0 Å². The van der Waals surface area contributed by atoms with Crippen LogP contribution in [0.2, 0.25) is 0 Å². The summed E-state index contributed by atoms with van der Waals surface area (Å²) < 4.78 is 5.13. The fourth-order valence-electron chi connectivity index (χ4n) is 2.33. The van der Waals surface area contributed by atoms with E-state index in [0.29, 0.717) is 12.3 Å². The van der Waals surface area contributed by atoms with E-state index >= 15 is 0 Å². The Bertz CT molecular complexity index is 594. The highest BCUT2D eigenvalue weighted by Crippen LogP contribution is 2.30. The number of hydrogen-bond donors (Lipinski definition) is 2. The molecule has 0 bridgehead atoms. The molecule has 3 heteroatoms. The van der Waals surface area contributed by atoms with Crippen LogP contribution in [0.4, 0.5) is 5.69 Å². The molecule has 3 nitrogen and oxygen atoms in total. The lowest BCUT2D eigenvalue weighted by Gasteiger charge is -2.15. The third-order valence-corrected chi connectivity index (χ3v) is 3.50. The fourth-order valence-corrected chi connectivity index (χ4v) is 2.33. The molecule has 0 spiro atoms. The number of phenolic OH excluding ortho intramolecular Hbond substituents is 1. The first-order chi connectivity index (χ1) is 9.67. The second-order valence-corrected chi connectivity index (χ2v) is 4.78. The quantitative estimate of drug-likeness (QED) is 0.867. The van der Waals surface area contributed by atoms with Crippen molar-refractivity contribution in [3.8, 4) is 11.5 Å². The predicted octanol–water partition coefficient (Wildman–Crippen LogP) is 3.88. The van der Waals surface area contributed by atoms with Crippen LogP contribution >= 0.6 is 0 Å². The van der Waals surface area contributed by atoms with Crippen molar-refractivity contribution in [2.45, 2.75) is 26.8 Å². The summed E-state index contributed by atoms with van der Waals surface area (Å²) in [4.78, 5) is 0. The van der Waals surface area contributed by atoms with E-state index in [1.165, 1.54) is 11.1 Å². The molecule has 0 aliphatic rings. The predicted molar refractivity (Wildman–Crippen MR) is 82.5 cm³/mol. The van der Waals surface area contributed by atoms with Crippen LogP contribution in [-0.2, 0) is 13.0 Å². The third kappa shape index (κ3) is 2.87. The van der Waals surface area contributed by atoms with Crippen molar-refractivity contribution < 1.29 is 9.84 Å². The first-order valence-electron chi connectivity index (χ1n) is 6.84. The smallest absolute Gasteiger partial charge is 0.162 e. The Labute approximate surface area is 120 Å². The average molecular weight is 271 g/mol. The summed E-state index contributed by atoms with van der Waals surface area (Å²) in [6.45, 7) is 4.80. The molecule has 2 aromatic rings. The van der Waals surface area contributed by atoms with Gasteiger partial charge in [-0.05, 0) is 30.5 Å². The van der Waals surface area contributed by atoms with Gasteiger partial charge in [-0.3, -0.25) is 0 Å². The fraction of sp³-hybridized carbons (Fsp3) is 0.294. The van der Waals surface area contributed by atoms with Gasteiger partial charge in [-0.1, -0.05) is 37.3 Å². The lowest BCUT2D eigenvalue weighted by molar-refractivity contribution is 0.371. The maximum atomic E-state index is 10.1. The molecule has 0 atom stereocenters. The van der Waals surface area contributed by atoms with Crippen LogP contribution in [0.1, 0.15) is 23.6 Å². The maximum absolute atomic E-state index is 10.1. The highest BCUT2D eigenvalue weighted by molar-refractivity contribution is 5.58. The van der Waals surface area contributed by atoms with Crippen LogP contribution < -0.4 is 10.1 Å². The summed E-state index contributed by atoms with van der Waals surface area (Å²) in [6.07, 6.45) is 0.980. The number of methoxy groups -OCH3 is 1. The van der Waals surface area contributed by atoms with E-state index in [2.05, 4.69) is 37.4 Å². The van der Waals surface area contributed by atoms with Crippen LogP contribution in [0, 0.1) is 6.92 Å². The highest BCUT2D eigenvalue weighted by Gasteiger charge is 2.09. The molecule has 0 fully saturated rings. The van der Waals surface area contributed by atoms with Crippen molar-refractivity contribution in [2.24, 2.45) is 0 Å². The number of rotatable bonds is 5. The summed E-state index contributed by atoms with van der Waals surface area (Å²) >= 11 is 0. The molecule has 0 aliphatic heterocycles. The van der Waals surface area contributed by atoms with Gasteiger partial charge in [-0.15, -0.1) is 0 Å². The number of ether oxygens (including phenoxy) is 1. The van der Waals surface area contributed by atoms with Gasteiger partial charge in [0.25, 0.3) is 0 Å². The number of phenols is 1. The van der Waals surface area contributed by atoms with Gasteiger partial charge in [0, 0.05) is 17.8 Å². The van der Waals surface area contributed by atoms with Gasteiger partial charge >= 0.3 is 0 Å². The monoisotopic (exact) mass is 271 g/mol. The first kappa shape index (κ1) is 14.3. The van der Waals surface area contributed by atoms with Crippen LogP contribution in [0.25, 0.3) is 0 Å². The van der Waals surface area contributed by atoms with Gasteiger partial charge in [0.1, 0.15) is 0 Å². The van der Waals surface area contributed by atoms with Crippen LogP contribution in [0.3, 0.4) is 0 Å². The zero-order chi connectivity index (χ0) is 14.5. The molecule has 0 aromatic heterocycles. The number of para-hydroxylation sites is 2. The lowest BCUT2D eigenvalue weighted by atomic mass is 10.1. The van der Waals surface area contributed by atoms with E-state index in [4.69, 9.17) is 4.74 Å². The number of nitrogens with one attached hydrogen (secondary N) is 1. The summed E-state index contributed by atoms with van der Waals surface area (Å²) in [5.74, 6) is 0.707. The SMILES string of the molecule is CCc1cccc(C)c1NCc1cccc(OC)c1O. The molecule has 0 aliphatic carbocycles. The molecule has 20 heavy (non-hydrogen) atoms. The minimum atomic E-state index is 0.203. The second kappa shape index (κ2) is 6.33. The van der Waals surface area contributed by atoms with Gasteiger partial charge in [0.15, 0.2) is 11.5 Å². The molecule has 0 heterocycles. The Kier molecular flexibility index (Phi) is 4.51. The molecule has 2 aromatic carbocycles. The largest absolute Gasteiger partial charge is 0.504 e. The third-order valence-electron chi connectivity index (χ3n) is 3.50. The average Bonchev–Trinajstić information content (AvgIpc) is 2.47. The standard InChI is InChI=1S/C17H21NO2/c1-4-13-8-5-7-12(2)16(13)18-11-14-9-6-10-15(20-3)17(14)19/h5-10,18-19H,4,11H2,1-3H3. The summed E-state index contributed by atoms with van der Waals surface area (Å²) in [7, 11) is 1.56. The zero-order valence-electron chi connectivity index (χ0n) is 12.2. The molecule has 0 saturated carbocycles. The highest BCUT2D eigenvalue weighted by atomic mass is 16.5. The number of hydrogen-bond acceptors (Lipinski definition) is 3. The summed E-state index contributed by atoms with van der Waals surface area (Å²) in [5, 5.41) is 13.5. The Hall–Kier alpha value is -2.16. The van der Waals surface area contributed by atoms with Gasteiger partial charge < -0.3 is 15.2 Å². The maximum Gasteiger partial charge on any atom is 0.162 e. The number of anilines is 1. The lowest BCUT2D eigenvalue weighted by Crippen LogP contribution is -2.04. The molecule has 0 amide bonds. The normalized spacial score (nSPS) is 10.3. The topological polar surface area (TPSA) is 41.5 Å². The van der Waals surface area contributed by atoms with E-state index in [0.717, 1.165) is 17.7 Å². The van der Waals surface area contributed by atoms with Crippen molar-refractivity contribution in [2.75, 3.05) is 12.4 Å². The molecule has 0 radical (unpaired) electrons. The van der Waals surface area contributed by atoms with Crippen LogP contribution in [0.5, 0.6) is 11.5 Å². The van der Waals surface area contributed by atoms with Gasteiger partial charge in [-0.2, -0.15) is 0 Å².